The van der Waals surface area contributed by atoms with Gasteiger partial charge < -0.3 is 4.90 Å². The first-order chi connectivity index (χ1) is 6.36. The van der Waals surface area contributed by atoms with E-state index in [4.69, 9.17) is 0 Å². The van der Waals surface area contributed by atoms with Gasteiger partial charge in [-0.3, -0.25) is 0 Å². The molecule has 0 aromatic heterocycles. The molecule has 0 unspecified atom stereocenters. The number of piperidine rings is 1. The van der Waals surface area contributed by atoms with Gasteiger partial charge >= 0.3 is 0 Å². The summed E-state index contributed by atoms with van der Waals surface area (Å²) in [5.74, 6) is 0. The molecule has 1 fully saturated rings. The van der Waals surface area contributed by atoms with Crippen molar-refractivity contribution in [2.45, 2.75) is 19.3 Å². The minimum atomic E-state index is 1.18. The smallest absolute Gasteiger partial charge is 0.0377 e. The molecule has 2 heteroatoms. The Hall–Kier alpha value is -0.500. The lowest BCUT2D eigenvalue weighted by atomic mass is 10.1. The third-order valence-electron chi connectivity index (χ3n) is 2.53. The Labute approximate surface area is 87.9 Å². The zero-order valence-electron chi connectivity index (χ0n) is 7.67. The van der Waals surface area contributed by atoms with E-state index in [0.717, 1.165) is 0 Å². The maximum atomic E-state index is 3.50. The molecule has 1 nitrogen and oxygen atoms in total. The highest BCUT2D eigenvalue weighted by Gasteiger charge is 2.10. The standard InChI is InChI=1S/C11H14BrN/c12-10-5-4-6-11(9-10)13-7-2-1-3-8-13/h4-6,9H,1-3,7-8H2. The third kappa shape index (κ3) is 2.25. The van der Waals surface area contributed by atoms with Gasteiger partial charge in [0.15, 0.2) is 0 Å². The normalized spacial score (nSPS) is 17.5. The Morgan fingerprint density at radius 2 is 1.85 bits per heavy atom. The van der Waals surface area contributed by atoms with Crippen molar-refractivity contribution in [3.63, 3.8) is 0 Å². The molecule has 1 aromatic rings. The summed E-state index contributed by atoms with van der Waals surface area (Å²) in [5, 5.41) is 0. The zero-order chi connectivity index (χ0) is 9.10. The largest absolute Gasteiger partial charge is 0.372 e. The van der Waals surface area contributed by atoms with Crippen molar-refractivity contribution < 1.29 is 0 Å². The number of rotatable bonds is 1. The van der Waals surface area contributed by atoms with Crippen molar-refractivity contribution in [3.8, 4) is 0 Å². The highest BCUT2D eigenvalue weighted by molar-refractivity contribution is 9.10. The van der Waals surface area contributed by atoms with Crippen molar-refractivity contribution in [2.24, 2.45) is 0 Å². The average molecular weight is 240 g/mol. The Morgan fingerprint density at radius 3 is 2.54 bits per heavy atom. The van der Waals surface area contributed by atoms with Gasteiger partial charge in [-0.1, -0.05) is 22.0 Å². The fourth-order valence-electron chi connectivity index (χ4n) is 1.82. The second-order valence-electron chi connectivity index (χ2n) is 3.53. The van der Waals surface area contributed by atoms with Crippen molar-refractivity contribution in [3.05, 3.63) is 28.7 Å². The molecule has 0 aliphatic carbocycles. The van der Waals surface area contributed by atoms with E-state index in [1.54, 1.807) is 0 Å². The summed E-state index contributed by atoms with van der Waals surface area (Å²) in [6.07, 6.45) is 4.07. The number of anilines is 1. The molecule has 0 amide bonds. The monoisotopic (exact) mass is 239 g/mol. The minimum absolute atomic E-state index is 1.18. The molecule has 13 heavy (non-hydrogen) atoms. The molecular weight excluding hydrogens is 226 g/mol. The Morgan fingerprint density at radius 1 is 1.08 bits per heavy atom. The van der Waals surface area contributed by atoms with Crippen LogP contribution < -0.4 is 4.90 Å². The zero-order valence-corrected chi connectivity index (χ0v) is 9.26. The molecule has 0 N–H and O–H groups in total. The van der Waals surface area contributed by atoms with Crippen molar-refractivity contribution >= 4 is 21.6 Å². The molecule has 0 spiro atoms. The predicted molar refractivity (Wildman–Crippen MR) is 60.2 cm³/mol. The van der Waals surface area contributed by atoms with Crippen LogP contribution in [0.2, 0.25) is 0 Å². The highest BCUT2D eigenvalue weighted by atomic mass is 79.9. The lowest BCUT2D eigenvalue weighted by Crippen LogP contribution is -2.29. The number of benzene rings is 1. The first-order valence-corrected chi connectivity index (χ1v) is 5.66. The van der Waals surface area contributed by atoms with E-state index in [-0.39, 0.29) is 0 Å². The van der Waals surface area contributed by atoms with Crippen LogP contribution in [0.4, 0.5) is 5.69 Å². The fourth-order valence-corrected chi connectivity index (χ4v) is 2.21. The molecule has 0 radical (unpaired) electrons. The molecule has 0 saturated carbocycles. The van der Waals surface area contributed by atoms with E-state index in [0.29, 0.717) is 0 Å². The minimum Gasteiger partial charge on any atom is -0.372 e. The fraction of sp³-hybridized carbons (Fsp3) is 0.455. The average Bonchev–Trinajstić information content (AvgIpc) is 2.19. The summed E-state index contributed by atoms with van der Waals surface area (Å²) in [4.78, 5) is 2.47. The summed E-state index contributed by atoms with van der Waals surface area (Å²) in [7, 11) is 0. The van der Waals surface area contributed by atoms with Gasteiger partial charge in [0.25, 0.3) is 0 Å². The highest BCUT2D eigenvalue weighted by Crippen LogP contribution is 2.22. The Balaban J connectivity index is 2.14. The van der Waals surface area contributed by atoms with Crippen LogP contribution in [0.25, 0.3) is 0 Å². The summed E-state index contributed by atoms with van der Waals surface area (Å²) in [6, 6.07) is 8.57. The van der Waals surface area contributed by atoms with Crippen molar-refractivity contribution in [1.82, 2.24) is 0 Å². The number of nitrogens with zero attached hydrogens (tertiary/aromatic N) is 1. The third-order valence-corrected chi connectivity index (χ3v) is 3.02. The molecule has 0 bridgehead atoms. The summed E-state index contributed by atoms with van der Waals surface area (Å²) in [6.45, 7) is 2.44. The molecule has 1 saturated heterocycles. The van der Waals surface area contributed by atoms with E-state index < -0.39 is 0 Å². The Kier molecular flexibility index (Phi) is 2.89. The van der Waals surface area contributed by atoms with Crippen molar-refractivity contribution in [2.75, 3.05) is 18.0 Å². The number of hydrogen-bond acceptors (Lipinski definition) is 1. The summed E-state index contributed by atoms with van der Waals surface area (Å²) >= 11 is 3.50. The van der Waals surface area contributed by atoms with Crippen molar-refractivity contribution in [1.29, 1.82) is 0 Å². The quantitative estimate of drug-likeness (QED) is 0.726. The van der Waals surface area contributed by atoms with Gasteiger partial charge in [-0.2, -0.15) is 0 Å². The first kappa shape index (κ1) is 9.07. The topological polar surface area (TPSA) is 3.24 Å². The summed E-state index contributed by atoms with van der Waals surface area (Å²) in [5.41, 5.74) is 1.36. The van der Waals surface area contributed by atoms with E-state index in [9.17, 15) is 0 Å². The molecule has 2 rings (SSSR count). The lowest BCUT2D eigenvalue weighted by Gasteiger charge is -2.28. The van der Waals surface area contributed by atoms with Crippen LogP contribution in [0.3, 0.4) is 0 Å². The lowest BCUT2D eigenvalue weighted by molar-refractivity contribution is 0.578. The second-order valence-corrected chi connectivity index (χ2v) is 4.44. The van der Waals surface area contributed by atoms with Gasteiger partial charge in [-0.15, -0.1) is 0 Å². The SMILES string of the molecule is Brc1cccc(N2CCCCC2)c1. The van der Waals surface area contributed by atoms with E-state index in [2.05, 4.69) is 45.1 Å². The van der Waals surface area contributed by atoms with Crippen LogP contribution >= 0.6 is 15.9 Å². The predicted octanol–water partition coefficient (Wildman–Crippen LogP) is 3.44. The molecule has 1 aromatic carbocycles. The van der Waals surface area contributed by atoms with Gasteiger partial charge in [-0.25, -0.2) is 0 Å². The Bertz CT molecular complexity index is 279. The number of halogens is 1. The van der Waals surface area contributed by atoms with Crippen LogP contribution in [0, 0.1) is 0 Å². The van der Waals surface area contributed by atoms with Crippen LogP contribution in [0.5, 0.6) is 0 Å². The van der Waals surface area contributed by atoms with Crippen LogP contribution in [0.1, 0.15) is 19.3 Å². The van der Waals surface area contributed by atoms with Gasteiger partial charge in [0, 0.05) is 23.2 Å². The molecular formula is C11H14BrN. The van der Waals surface area contributed by atoms with Gasteiger partial charge in [0.05, 0.1) is 0 Å². The molecule has 70 valence electrons. The van der Waals surface area contributed by atoms with E-state index in [1.807, 2.05) is 0 Å². The van der Waals surface area contributed by atoms with Gasteiger partial charge in [0.1, 0.15) is 0 Å². The molecule has 0 atom stereocenters. The maximum Gasteiger partial charge on any atom is 0.0377 e. The van der Waals surface area contributed by atoms with Gasteiger partial charge in [0.2, 0.25) is 0 Å². The van der Waals surface area contributed by atoms with E-state index >= 15 is 0 Å². The van der Waals surface area contributed by atoms with E-state index in [1.165, 1.54) is 42.5 Å². The van der Waals surface area contributed by atoms with Crippen LogP contribution in [0.15, 0.2) is 28.7 Å². The summed E-state index contributed by atoms with van der Waals surface area (Å²) < 4.78 is 1.18. The molecule has 1 heterocycles. The van der Waals surface area contributed by atoms with Gasteiger partial charge in [-0.05, 0) is 37.5 Å². The van der Waals surface area contributed by atoms with Crippen LogP contribution in [-0.4, -0.2) is 13.1 Å². The maximum absolute atomic E-state index is 3.50. The van der Waals surface area contributed by atoms with Crippen LogP contribution in [-0.2, 0) is 0 Å². The molecule has 1 aliphatic rings. The number of hydrogen-bond donors (Lipinski definition) is 0. The first-order valence-electron chi connectivity index (χ1n) is 4.87. The molecule has 1 aliphatic heterocycles. The second kappa shape index (κ2) is 4.14.